The van der Waals surface area contributed by atoms with Gasteiger partial charge in [-0.2, -0.15) is 0 Å². The van der Waals surface area contributed by atoms with E-state index in [0.29, 0.717) is 0 Å². The first-order chi connectivity index (χ1) is 5.79. The van der Waals surface area contributed by atoms with Crippen LogP contribution in [0.15, 0.2) is 30.3 Å². The third-order valence-electron chi connectivity index (χ3n) is 1.77. The summed E-state index contributed by atoms with van der Waals surface area (Å²) in [5.41, 5.74) is 0.861. The van der Waals surface area contributed by atoms with Gasteiger partial charge in [0.25, 0.3) is 0 Å². The summed E-state index contributed by atoms with van der Waals surface area (Å²) >= 11 is 3.90. The van der Waals surface area contributed by atoms with E-state index < -0.39 is 5.44 Å². The summed E-state index contributed by atoms with van der Waals surface area (Å²) in [6, 6.07) is 10.3. The third-order valence-corrected chi connectivity index (χ3v) is 2.03. The minimum absolute atomic E-state index is 0.464. The van der Waals surface area contributed by atoms with Crippen LogP contribution in [0.3, 0.4) is 0 Å². The van der Waals surface area contributed by atoms with Crippen LogP contribution < -0.4 is 0 Å². The maximum absolute atomic E-state index is 8.89. The average molecular weight is 182 g/mol. The van der Waals surface area contributed by atoms with Crippen molar-refractivity contribution >= 4 is 12.6 Å². The number of thiol groups is 1. The van der Waals surface area contributed by atoms with Gasteiger partial charge in [-0.3, -0.25) is 0 Å². The molecule has 0 spiro atoms. The van der Waals surface area contributed by atoms with Crippen molar-refractivity contribution in [2.75, 3.05) is 0 Å². The lowest BCUT2D eigenvalue weighted by molar-refractivity contribution is 0.251. The van der Waals surface area contributed by atoms with Gasteiger partial charge in [-0.25, -0.2) is 0 Å². The molecule has 1 N–H and O–H groups in total. The molecule has 0 radical (unpaired) electrons. The number of aliphatic hydroxyl groups is 1. The third kappa shape index (κ3) is 3.79. The van der Waals surface area contributed by atoms with Crippen molar-refractivity contribution in [2.45, 2.75) is 24.7 Å². The fourth-order valence-corrected chi connectivity index (χ4v) is 1.32. The standard InChI is InChI=1S/C10H14OS/c11-10(12)8-4-7-9-5-2-1-3-6-9/h1-3,5-6,10-12H,4,7-8H2. The lowest BCUT2D eigenvalue weighted by Gasteiger charge is -2.02. The molecule has 1 aromatic carbocycles. The Bertz CT molecular complexity index is 208. The highest BCUT2D eigenvalue weighted by Crippen LogP contribution is 2.07. The van der Waals surface area contributed by atoms with Gasteiger partial charge >= 0.3 is 0 Å². The van der Waals surface area contributed by atoms with E-state index in [-0.39, 0.29) is 0 Å². The fraction of sp³-hybridized carbons (Fsp3) is 0.400. The molecule has 1 nitrogen and oxygen atoms in total. The maximum Gasteiger partial charge on any atom is 0.0964 e. The van der Waals surface area contributed by atoms with Crippen molar-refractivity contribution in [3.05, 3.63) is 35.9 Å². The predicted molar refractivity (Wildman–Crippen MR) is 54.4 cm³/mol. The van der Waals surface area contributed by atoms with Gasteiger partial charge in [-0.15, -0.1) is 12.6 Å². The SMILES string of the molecule is OC(S)CCCc1ccccc1. The highest BCUT2D eigenvalue weighted by Gasteiger charge is 1.96. The molecule has 0 aliphatic carbocycles. The van der Waals surface area contributed by atoms with Gasteiger partial charge in [-0.1, -0.05) is 30.3 Å². The van der Waals surface area contributed by atoms with Crippen LogP contribution >= 0.6 is 12.6 Å². The highest BCUT2D eigenvalue weighted by atomic mass is 32.1. The topological polar surface area (TPSA) is 20.2 Å². The molecule has 12 heavy (non-hydrogen) atoms. The maximum atomic E-state index is 8.89. The minimum atomic E-state index is -0.464. The number of aryl methyl sites for hydroxylation is 1. The minimum Gasteiger partial charge on any atom is -0.383 e. The molecule has 0 amide bonds. The Morgan fingerprint density at radius 2 is 1.92 bits per heavy atom. The lowest BCUT2D eigenvalue weighted by atomic mass is 10.1. The van der Waals surface area contributed by atoms with Crippen molar-refractivity contribution in [3.8, 4) is 0 Å². The number of rotatable bonds is 4. The Labute approximate surface area is 78.8 Å². The largest absolute Gasteiger partial charge is 0.383 e. The molecule has 0 saturated carbocycles. The van der Waals surface area contributed by atoms with Crippen LogP contribution in [-0.2, 0) is 6.42 Å². The van der Waals surface area contributed by atoms with Crippen molar-refractivity contribution in [3.63, 3.8) is 0 Å². The molecular formula is C10H14OS. The quantitative estimate of drug-likeness (QED) is 0.540. The summed E-state index contributed by atoms with van der Waals surface area (Å²) in [6.07, 6.45) is 2.78. The molecule has 0 aliphatic rings. The van der Waals surface area contributed by atoms with E-state index >= 15 is 0 Å². The Morgan fingerprint density at radius 1 is 1.25 bits per heavy atom. The molecule has 0 bridgehead atoms. The van der Waals surface area contributed by atoms with E-state index in [1.54, 1.807) is 0 Å². The second kappa shape index (κ2) is 5.22. The van der Waals surface area contributed by atoms with Crippen LogP contribution in [0.2, 0.25) is 0 Å². The zero-order valence-electron chi connectivity index (χ0n) is 6.98. The first-order valence-electron chi connectivity index (χ1n) is 4.19. The van der Waals surface area contributed by atoms with E-state index in [0.717, 1.165) is 19.3 Å². The zero-order chi connectivity index (χ0) is 8.81. The molecule has 0 heterocycles. The summed E-state index contributed by atoms with van der Waals surface area (Å²) in [5.74, 6) is 0. The molecule has 66 valence electrons. The van der Waals surface area contributed by atoms with Gasteiger partial charge in [-0.05, 0) is 24.8 Å². The van der Waals surface area contributed by atoms with Crippen molar-refractivity contribution in [1.82, 2.24) is 0 Å². The number of benzene rings is 1. The molecule has 0 saturated heterocycles. The molecule has 1 atom stereocenters. The Hall–Kier alpha value is -0.470. The van der Waals surface area contributed by atoms with Crippen LogP contribution in [0.1, 0.15) is 18.4 Å². The predicted octanol–water partition coefficient (Wildman–Crippen LogP) is 2.26. The second-order valence-electron chi connectivity index (χ2n) is 2.86. The van der Waals surface area contributed by atoms with Crippen LogP contribution in [0.5, 0.6) is 0 Å². The van der Waals surface area contributed by atoms with Gasteiger partial charge in [0.05, 0.1) is 5.44 Å². The van der Waals surface area contributed by atoms with E-state index in [4.69, 9.17) is 5.11 Å². The molecule has 1 unspecified atom stereocenters. The number of hydrogen-bond donors (Lipinski definition) is 2. The normalized spacial score (nSPS) is 12.8. The van der Waals surface area contributed by atoms with E-state index in [2.05, 4.69) is 24.8 Å². The Balaban J connectivity index is 2.25. The van der Waals surface area contributed by atoms with Crippen molar-refractivity contribution < 1.29 is 5.11 Å². The summed E-state index contributed by atoms with van der Waals surface area (Å²) in [7, 11) is 0. The van der Waals surface area contributed by atoms with Gasteiger partial charge in [0.1, 0.15) is 0 Å². The van der Waals surface area contributed by atoms with Crippen LogP contribution in [0.4, 0.5) is 0 Å². The van der Waals surface area contributed by atoms with Gasteiger partial charge in [0.15, 0.2) is 0 Å². The molecule has 1 rings (SSSR count). The zero-order valence-corrected chi connectivity index (χ0v) is 7.87. The second-order valence-corrected chi connectivity index (χ2v) is 3.45. The molecule has 1 aromatic rings. The Kier molecular flexibility index (Phi) is 4.19. The molecule has 0 aromatic heterocycles. The van der Waals surface area contributed by atoms with Crippen LogP contribution in [0.25, 0.3) is 0 Å². The Morgan fingerprint density at radius 3 is 2.50 bits per heavy atom. The first-order valence-corrected chi connectivity index (χ1v) is 4.71. The number of aliphatic hydroxyl groups excluding tert-OH is 1. The van der Waals surface area contributed by atoms with Crippen LogP contribution in [-0.4, -0.2) is 10.5 Å². The smallest absolute Gasteiger partial charge is 0.0964 e. The monoisotopic (exact) mass is 182 g/mol. The van der Waals surface area contributed by atoms with Crippen molar-refractivity contribution in [2.24, 2.45) is 0 Å². The summed E-state index contributed by atoms with van der Waals surface area (Å²) < 4.78 is 0. The van der Waals surface area contributed by atoms with E-state index in [1.807, 2.05) is 18.2 Å². The number of hydrogen-bond acceptors (Lipinski definition) is 2. The summed E-state index contributed by atoms with van der Waals surface area (Å²) in [4.78, 5) is 0. The highest BCUT2D eigenvalue weighted by molar-refractivity contribution is 7.80. The molecular weight excluding hydrogens is 168 g/mol. The fourth-order valence-electron chi connectivity index (χ4n) is 1.13. The van der Waals surface area contributed by atoms with E-state index in [9.17, 15) is 0 Å². The summed E-state index contributed by atoms with van der Waals surface area (Å²) in [6.45, 7) is 0. The lowest BCUT2D eigenvalue weighted by Crippen LogP contribution is -1.96. The van der Waals surface area contributed by atoms with Gasteiger partial charge < -0.3 is 5.11 Å². The molecule has 2 heteroatoms. The van der Waals surface area contributed by atoms with Crippen molar-refractivity contribution in [1.29, 1.82) is 0 Å². The van der Waals surface area contributed by atoms with E-state index in [1.165, 1.54) is 5.56 Å². The van der Waals surface area contributed by atoms with Gasteiger partial charge in [0, 0.05) is 0 Å². The van der Waals surface area contributed by atoms with Crippen LogP contribution in [0, 0.1) is 0 Å². The molecule has 0 aliphatic heterocycles. The average Bonchev–Trinajstić information content (AvgIpc) is 2.05. The molecule has 0 fully saturated rings. The van der Waals surface area contributed by atoms with Gasteiger partial charge in [0.2, 0.25) is 0 Å². The first kappa shape index (κ1) is 9.62. The summed E-state index contributed by atoms with van der Waals surface area (Å²) in [5, 5.41) is 8.89.